The number of alkyl halides is 2. The first-order valence-electron chi connectivity index (χ1n) is 7.29. The van der Waals surface area contributed by atoms with E-state index in [1.165, 1.54) is 12.1 Å². The minimum atomic E-state index is -2.81. The van der Waals surface area contributed by atoms with Crippen LogP contribution in [-0.2, 0) is 6.42 Å². The number of benzene rings is 2. The first-order chi connectivity index (χ1) is 11.6. The Morgan fingerprint density at radius 2 is 1.88 bits per heavy atom. The van der Waals surface area contributed by atoms with Crippen LogP contribution in [0.5, 0.6) is 11.5 Å². The van der Waals surface area contributed by atoms with Crippen molar-refractivity contribution < 1.29 is 18.3 Å². The van der Waals surface area contributed by atoms with Gasteiger partial charge in [0.25, 0.3) is 0 Å². The van der Waals surface area contributed by atoms with Gasteiger partial charge in [-0.1, -0.05) is 18.2 Å². The molecule has 4 nitrogen and oxygen atoms in total. The van der Waals surface area contributed by atoms with Crippen molar-refractivity contribution >= 4 is 23.0 Å². The Labute approximate surface area is 144 Å². The lowest BCUT2D eigenvalue weighted by molar-refractivity contribution is -0.0498. The van der Waals surface area contributed by atoms with Gasteiger partial charge in [-0.2, -0.15) is 8.78 Å². The van der Waals surface area contributed by atoms with E-state index in [1.807, 2.05) is 24.3 Å². The molecule has 0 aliphatic heterocycles. The van der Waals surface area contributed by atoms with Crippen LogP contribution in [0.15, 0.2) is 48.5 Å². The van der Waals surface area contributed by atoms with E-state index in [9.17, 15) is 8.78 Å². The van der Waals surface area contributed by atoms with Crippen LogP contribution in [0.25, 0.3) is 0 Å². The van der Waals surface area contributed by atoms with Crippen molar-refractivity contribution in [1.29, 1.82) is 0 Å². The average Bonchev–Trinajstić information content (AvgIpc) is 2.56. The maximum Gasteiger partial charge on any atom is 0.387 e. The number of methoxy groups -OCH3 is 1. The highest BCUT2D eigenvalue weighted by Gasteiger charge is 2.04. The lowest BCUT2D eigenvalue weighted by Crippen LogP contribution is -2.30. The molecule has 0 heterocycles. The third kappa shape index (κ3) is 6.00. The second-order valence-electron chi connectivity index (χ2n) is 4.89. The number of thiocarbonyl (C=S) groups is 1. The predicted octanol–water partition coefficient (Wildman–Crippen LogP) is 3.83. The van der Waals surface area contributed by atoms with Crippen LogP contribution in [0.2, 0.25) is 0 Å². The molecule has 2 N–H and O–H groups in total. The van der Waals surface area contributed by atoms with Crippen LogP contribution in [-0.4, -0.2) is 25.4 Å². The highest BCUT2D eigenvalue weighted by Crippen LogP contribution is 2.17. The molecule has 0 aliphatic rings. The number of rotatable bonds is 7. The van der Waals surface area contributed by atoms with Crippen LogP contribution in [0.3, 0.4) is 0 Å². The number of nitrogens with one attached hydrogen (secondary N) is 2. The van der Waals surface area contributed by atoms with E-state index in [4.69, 9.17) is 17.0 Å². The third-order valence-corrected chi connectivity index (χ3v) is 3.42. The molecule has 2 aromatic rings. The normalized spacial score (nSPS) is 10.3. The summed E-state index contributed by atoms with van der Waals surface area (Å²) in [5.74, 6) is 0.894. The Bertz CT molecular complexity index is 666. The maximum absolute atomic E-state index is 12.1. The van der Waals surface area contributed by atoms with E-state index in [0.717, 1.165) is 17.0 Å². The first kappa shape index (κ1) is 17.9. The standard InChI is InChI=1S/C17H18F2N2O2S/c1-22-15-4-2-3-13(11-15)21-17(24)20-10-9-12-5-7-14(8-6-12)23-16(18)19/h2-8,11,16H,9-10H2,1H3,(H2,20,21,24). The van der Waals surface area contributed by atoms with E-state index < -0.39 is 6.61 Å². The lowest BCUT2D eigenvalue weighted by atomic mass is 10.1. The number of hydrogen-bond acceptors (Lipinski definition) is 3. The molecule has 128 valence electrons. The molecule has 0 spiro atoms. The molecule has 2 aromatic carbocycles. The van der Waals surface area contributed by atoms with E-state index in [0.29, 0.717) is 18.1 Å². The van der Waals surface area contributed by atoms with E-state index >= 15 is 0 Å². The van der Waals surface area contributed by atoms with Crippen molar-refractivity contribution in [2.24, 2.45) is 0 Å². The van der Waals surface area contributed by atoms with Crippen LogP contribution < -0.4 is 20.1 Å². The van der Waals surface area contributed by atoms with Gasteiger partial charge in [0, 0.05) is 18.3 Å². The van der Waals surface area contributed by atoms with Gasteiger partial charge in [0.05, 0.1) is 7.11 Å². The zero-order valence-corrected chi connectivity index (χ0v) is 13.9. The molecule has 0 bridgehead atoms. The Hall–Kier alpha value is -2.41. The van der Waals surface area contributed by atoms with Crippen LogP contribution in [0, 0.1) is 0 Å². The molecule has 0 amide bonds. The van der Waals surface area contributed by atoms with Crippen molar-refractivity contribution in [2.75, 3.05) is 19.0 Å². The lowest BCUT2D eigenvalue weighted by Gasteiger charge is -2.11. The molecule has 0 radical (unpaired) electrons. The van der Waals surface area contributed by atoms with Gasteiger partial charge in [-0.25, -0.2) is 0 Å². The molecule has 0 saturated heterocycles. The summed E-state index contributed by atoms with van der Waals surface area (Å²) in [5, 5.41) is 6.66. The number of anilines is 1. The molecule has 7 heteroatoms. The highest BCUT2D eigenvalue weighted by atomic mass is 32.1. The van der Waals surface area contributed by atoms with Gasteiger partial charge in [-0.05, 0) is 48.5 Å². The molecule has 0 saturated carbocycles. The summed E-state index contributed by atoms with van der Waals surface area (Å²) < 4.78 is 33.6. The molecule has 0 fully saturated rings. The van der Waals surface area contributed by atoms with Gasteiger partial charge in [0.1, 0.15) is 11.5 Å². The molecule has 2 rings (SSSR count). The predicted molar refractivity (Wildman–Crippen MR) is 94.0 cm³/mol. The number of ether oxygens (including phenoxy) is 2. The smallest absolute Gasteiger partial charge is 0.387 e. The summed E-state index contributed by atoms with van der Waals surface area (Å²) in [7, 11) is 1.60. The second kappa shape index (κ2) is 9.02. The summed E-state index contributed by atoms with van der Waals surface area (Å²) in [6.07, 6.45) is 0.703. The van der Waals surface area contributed by atoms with Crippen LogP contribution in [0.4, 0.5) is 14.5 Å². The third-order valence-electron chi connectivity index (χ3n) is 3.18. The quantitative estimate of drug-likeness (QED) is 0.742. The second-order valence-corrected chi connectivity index (χ2v) is 5.29. The summed E-state index contributed by atoms with van der Waals surface area (Å²) >= 11 is 5.23. The summed E-state index contributed by atoms with van der Waals surface area (Å²) in [4.78, 5) is 0. The largest absolute Gasteiger partial charge is 0.497 e. The average molecular weight is 352 g/mol. The summed E-state index contributed by atoms with van der Waals surface area (Å²) in [6, 6.07) is 14.0. The van der Waals surface area contributed by atoms with Crippen molar-refractivity contribution in [1.82, 2.24) is 5.32 Å². The van der Waals surface area contributed by atoms with Gasteiger partial charge in [0.2, 0.25) is 0 Å². The maximum atomic E-state index is 12.1. The van der Waals surface area contributed by atoms with Gasteiger partial charge in [-0.3, -0.25) is 0 Å². The zero-order valence-electron chi connectivity index (χ0n) is 13.1. The summed E-state index contributed by atoms with van der Waals surface area (Å²) in [5.41, 5.74) is 1.83. The fourth-order valence-electron chi connectivity index (χ4n) is 2.03. The summed E-state index contributed by atoms with van der Waals surface area (Å²) in [6.45, 7) is -2.19. The molecular weight excluding hydrogens is 334 g/mol. The molecule has 24 heavy (non-hydrogen) atoms. The van der Waals surface area contributed by atoms with Crippen molar-refractivity contribution in [2.45, 2.75) is 13.0 Å². The zero-order chi connectivity index (χ0) is 17.4. The van der Waals surface area contributed by atoms with Gasteiger partial charge < -0.3 is 20.1 Å². The molecule has 0 aromatic heterocycles. The number of halogens is 2. The van der Waals surface area contributed by atoms with Gasteiger partial charge in [-0.15, -0.1) is 0 Å². The van der Waals surface area contributed by atoms with Crippen molar-refractivity contribution in [3.63, 3.8) is 0 Å². The monoisotopic (exact) mass is 352 g/mol. The Morgan fingerprint density at radius 1 is 1.12 bits per heavy atom. The Balaban J connectivity index is 1.75. The fraction of sp³-hybridized carbons (Fsp3) is 0.235. The van der Waals surface area contributed by atoms with Gasteiger partial charge >= 0.3 is 6.61 Å². The van der Waals surface area contributed by atoms with E-state index in [-0.39, 0.29) is 5.75 Å². The van der Waals surface area contributed by atoms with Crippen LogP contribution >= 0.6 is 12.2 Å². The topological polar surface area (TPSA) is 42.5 Å². The van der Waals surface area contributed by atoms with Crippen molar-refractivity contribution in [3.05, 3.63) is 54.1 Å². The fourth-order valence-corrected chi connectivity index (χ4v) is 2.25. The van der Waals surface area contributed by atoms with E-state index in [1.54, 1.807) is 19.2 Å². The van der Waals surface area contributed by atoms with Crippen molar-refractivity contribution in [3.8, 4) is 11.5 Å². The van der Waals surface area contributed by atoms with Gasteiger partial charge in [0.15, 0.2) is 5.11 Å². The molecule has 0 aliphatic carbocycles. The van der Waals surface area contributed by atoms with E-state index in [2.05, 4.69) is 15.4 Å². The minimum Gasteiger partial charge on any atom is -0.497 e. The minimum absolute atomic E-state index is 0.150. The van der Waals surface area contributed by atoms with Crippen LogP contribution in [0.1, 0.15) is 5.56 Å². The highest BCUT2D eigenvalue weighted by molar-refractivity contribution is 7.80. The molecular formula is C17H18F2N2O2S. The first-order valence-corrected chi connectivity index (χ1v) is 7.70. The Kier molecular flexibility index (Phi) is 6.74. The SMILES string of the molecule is COc1cccc(NC(=S)NCCc2ccc(OC(F)F)cc2)c1. The molecule has 0 unspecified atom stereocenters. The number of hydrogen-bond donors (Lipinski definition) is 2. The Morgan fingerprint density at radius 3 is 2.54 bits per heavy atom. The molecule has 0 atom stereocenters.